The van der Waals surface area contributed by atoms with E-state index in [2.05, 4.69) is 17.3 Å². The molecule has 1 amide bonds. The lowest BCUT2D eigenvalue weighted by molar-refractivity contribution is -0.127. The lowest BCUT2D eigenvalue weighted by atomic mass is 9.60. The second-order valence-electron chi connectivity index (χ2n) is 5.57. The number of rotatable bonds is 3. The minimum absolute atomic E-state index is 0.245. The molecule has 0 aromatic rings. The van der Waals surface area contributed by atoms with Gasteiger partial charge in [0.2, 0.25) is 5.91 Å². The highest BCUT2D eigenvalue weighted by molar-refractivity contribution is 5.76. The van der Waals surface area contributed by atoms with Gasteiger partial charge in [-0.15, -0.1) is 0 Å². The summed E-state index contributed by atoms with van der Waals surface area (Å²) in [6.45, 7) is 6.42. The van der Waals surface area contributed by atoms with Gasteiger partial charge >= 0.3 is 0 Å². The molecule has 0 radical (unpaired) electrons. The fraction of sp³-hybridized carbons (Fsp3) is 0.917. The van der Waals surface area contributed by atoms with Gasteiger partial charge in [0.05, 0.1) is 0 Å². The monoisotopic (exact) mass is 210 g/mol. The molecule has 3 fully saturated rings. The zero-order valence-corrected chi connectivity index (χ0v) is 9.99. The van der Waals surface area contributed by atoms with Crippen molar-refractivity contribution >= 4 is 5.91 Å². The second-order valence-corrected chi connectivity index (χ2v) is 5.57. The molecule has 1 N–H and O–H groups in total. The summed E-state index contributed by atoms with van der Waals surface area (Å²) in [5.41, 5.74) is 0. The van der Waals surface area contributed by atoms with Crippen LogP contribution in [0.15, 0.2) is 0 Å². The van der Waals surface area contributed by atoms with E-state index < -0.39 is 0 Å². The molecule has 0 aromatic carbocycles. The Morgan fingerprint density at radius 1 is 1.40 bits per heavy atom. The lowest BCUT2D eigenvalue weighted by Crippen LogP contribution is -2.55. The van der Waals surface area contributed by atoms with Crippen molar-refractivity contribution < 1.29 is 4.79 Å². The molecule has 2 bridgehead atoms. The molecule has 15 heavy (non-hydrogen) atoms. The smallest absolute Gasteiger partial charge is 0.220 e. The SMILES string of the molecule is CC(C)NC(=O)C[C@@H]1[C@@H]2C[C@H]1CN(C)C2. The van der Waals surface area contributed by atoms with Crippen molar-refractivity contribution in [3.05, 3.63) is 0 Å². The van der Waals surface area contributed by atoms with Crippen LogP contribution in [-0.2, 0) is 4.79 Å². The third kappa shape index (κ3) is 2.33. The predicted molar refractivity (Wildman–Crippen MR) is 60.5 cm³/mol. The number of nitrogens with one attached hydrogen (secondary N) is 1. The van der Waals surface area contributed by atoms with Gasteiger partial charge in [-0.1, -0.05) is 0 Å². The van der Waals surface area contributed by atoms with E-state index in [4.69, 9.17) is 0 Å². The van der Waals surface area contributed by atoms with Crippen LogP contribution in [0.1, 0.15) is 26.7 Å². The van der Waals surface area contributed by atoms with Crippen LogP contribution in [0.5, 0.6) is 0 Å². The fourth-order valence-electron chi connectivity index (χ4n) is 3.15. The molecule has 2 heterocycles. The summed E-state index contributed by atoms with van der Waals surface area (Å²) in [4.78, 5) is 14.0. The molecule has 1 saturated carbocycles. The first-order valence-corrected chi connectivity index (χ1v) is 6.04. The Morgan fingerprint density at radius 3 is 2.53 bits per heavy atom. The van der Waals surface area contributed by atoms with E-state index in [9.17, 15) is 4.79 Å². The van der Waals surface area contributed by atoms with Gasteiger partial charge in [-0.25, -0.2) is 0 Å². The Bertz CT molecular complexity index is 240. The van der Waals surface area contributed by atoms with E-state index >= 15 is 0 Å². The number of piperidine rings is 2. The number of fused-ring (bicyclic) bond motifs is 2. The molecule has 3 nitrogen and oxygen atoms in total. The number of carbonyl (C=O) groups is 1. The molecule has 2 aliphatic heterocycles. The zero-order chi connectivity index (χ0) is 11.0. The summed E-state index contributed by atoms with van der Waals surface area (Å²) >= 11 is 0. The molecular weight excluding hydrogens is 188 g/mol. The molecule has 3 atom stereocenters. The molecule has 1 aliphatic carbocycles. The summed E-state index contributed by atoms with van der Waals surface area (Å²) < 4.78 is 0. The quantitative estimate of drug-likeness (QED) is 0.756. The molecule has 0 aromatic heterocycles. The van der Waals surface area contributed by atoms with Gasteiger partial charge in [0.25, 0.3) is 0 Å². The number of hydrogen-bond acceptors (Lipinski definition) is 2. The van der Waals surface area contributed by atoms with Crippen LogP contribution in [0.25, 0.3) is 0 Å². The van der Waals surface area contributed by atoms with Gasteiger partial charge in [0.1, 0.15) is 0 Å². The first-order valence-electron chi connectivity index (χ1n) is 6.04. The van der Waals surface area contributed by atoms with Crippen molar-refractivity contribution in [1.29, 1.82) is 0 Å². The largest absolute Gasteiger partial charge is 0.354 e. The minimum atomic E-state index is 0.245. The van der Waals surface area contributed by atoms with E-state index in [1.54, 1.807) is 0 Å². The maximum atomic E-state index is 11.6. The van der Waals surface area contributed by atoms with Crippen molar-refractivity contribution in [3.8, 4) is 0 Å². The van der Waals surface area contributed by atoms with Crippen LogP contribution >= 0.6 is 0 Å². The maximum absolute atomic E-state index is 11.6. The third-order valence-electron chi connectivity index (χ3n) is 3.78. The van der Waals surface area contributed by atoms with Gasteiger partial charge in [-0.05, 0) is 45.1 Å². The molecule has 3 rings (SSSR count). The van der Waals surface area contributed by atoms with E-state index in [1.165, 1.54) is 19.5 Å². The van der Waals surface area contributed by atoms with Crippen molar-refractivity contribution in [1.82, 2.24) is 10.2 Å². The number of hydrogen-bond donors (Lipinski definition) is 1. The molecule has 3 heteroatoms. The number of nitrogens with zero attached hydrogens (tertiary/aromatic N) is 1. The normalized spacial score (nSPS) is 35.1. The minimum Gasteiger partial charge on any atom is -0.354 e. The molecular formula is C12H22N2O. The summed E-state index contributed by atoms with van der Waals surface area (Å²) in [5.74, 6) is 2.48. The van der Waals surface area contributed by atoms with Gasteiger partial charge in [-0.2, -0.15) is 0 Å². The Morgan fingerprint density at radius 2 is 2.00 bits per heavy atom. The molecule has 2 saturated heterocycles. The van der Waals surface area contributed by atoms with Crippen LogP contribution in [0.2, 0.25) is 0 Å². The average molecular weight is 210 g/mol. The van der Waals surface area contributed by atoms with Crippen molar-refractivity contribution in [2.75, 3.05) is 20.1 Å². The Labute approximate surface area is 92.2 Å². The predicted octanol–water partition coefficient (Wildman–Crippen LogP) is 1.10. The van der Waals surface area contributed by atoms with Gasteiger partial charge < -0.3 is 10.2 Å². The average Bonchev–Trinajstić information content (AvgIpc) is 2.13. The van der Waals surface area contributed by atoms with Gasteiger partial charge in [0.15, 0.2) is 0 Å². The second kappa shape index (κ2) is 4.12. The number of carbonyl (C=O) groups excluding carboxylic acids is 1. The molecule has 0 unspecified atom stereocenters. The van der Waals surface area contributed by atoms with Crippen molar-refractivity contribution in [2.45, 2.75) is 32.7 Å². The van der Waals surface area contributed by atoms with Crippen LogP contribution in [-0.4, -0.2) is 37.0 Å². The highest BCUT2D eigenvalue weighted by Crippen LogP contribution is 2.46. The lowest BCUT2D eigenvalue weighted by Gasteiger charge is -2.52. The van der Waals surface area contributed by atoms with Crippen LogP contribution in [0, 0.1) is 17.8 Å². The highest BCUT2D eigenvalue weighted by atomic mass is 16.1. The van der Waals surface area contributed by atoms with Crippen LogP contribution in [0.3, 0.4) is 0 Å². The standard InChI is InChI=1S/C12H22N2O/c1-8(2)13-12(15)5-11-9-4-10(11)7-14(3)6-9/h8-11H,4-7H2,1-3H3,(H,13,15)/t9-,10+,11-. The Kier molecular flexibility index (Phi) is 3.01. The topological polar surface area (TPSA) is 32.3 Å². The van der Waals surface area contributed by atoms with Crippen molar-refractivity contribution in [3.63, 3.8) is 0 Å². The zero-order valence-electron chi connectivity index (χ0n) is 9.99. The molecule has 86 valence electrons. The van der Waals surface area contributed by atoms with Crippen molar-refractivity contribution in [2.24, 2.45) is 17.8 Å². The maximum Gasteiger partial charge on any atom is 0.220 e. The van der Waals surface area contributed by atoms with Gasteiger partial charge in [-0.3, -0.25) is 4.79 Å². The van der Waals surface area contributed by atoms with Crippen LogP contribution in [0.4, 0.5) is 0 Å². The molecule has 3 aliphatic rings. The third-order valence-corrected chi connectivity index (χ3v) is 3.78. The summed E-state index contributed by atoms with van der Waals surface area (Å²) in [6.07, 6.45) is 2.10. The first-order chi connectivity index (χ1) is 7.06. The highest BCUT2D eigenvalue weighted by Gasteiger charge is 2.46. The number of amides is 1. The van der Waals surface area contributed by atoms with E-state index in [0.29, 0.717) is 5.92 Å². The van der Waals surface area contributed by atoms with E-state index in [1.807, 2.05) is 13.8 Å². The summed E-state index contributed by atoms with van der Waals surface area (Å²) in [6, 6.07) is 0.278. The van der Waals surface area contributed by atoms with Gasteiger partial charge in [0, 0.05) is 25.6 Å². The summed E-state index contributed by atoms with van der Waals surface area (Å²) in [5, 5.41) is 2.99. The van der Waals surface area contributed by atoms with E-state index in [0.717, 1.165) is 18.3 Å². The fourth-order valence-corrected chi connectivity index (χ4v) is 3.15. The van der Waals surface area contributed by atoms with Crippen LogP contribution < -0.4 is 5.32 Å². The molecule has 0 spiro atoms. The first kappa shape index (κ1) is 10.9. The Balaban J connectivity index is 1.80. The van der Waals surface area contributed by atoms with E-state index in [-0.39, 0.29) is 11.9 Å². The summed E-state index contributed by atoms with van der Waals surface area (Å²) in [7, 11) is 2.18. The Hall–Kier alpha value is -0.570.